The fourth-order valence-corrected chi connectivity index (χ4v) is 3.38. The van der Waals surface area contributed by atoms with Crippen LogP contribution in [0.1, 0.15) is 12.8 Å². The van der Waals surface area contributed by atoms with Gasteiger partial charge < -0.3 is 5.73 Å². The van der Waals surface area contributed by atoms with E-state index in [0.717, 1.165) is 17.3 Å². The number of hydrogen-bond donors (Lipinski definition) is 1. The molecule has 1 fully saturated rings. The lowest BCUT2D eigenvalue weighted by atomic mass is 9.93. The van der Waals surface area contributed by atoms with E-state index in [1.54, 1.807) is 0 Å². The summed E-state index contributed by atoms with van der Waals surface area (Å²) in [5.74, 6) is 2.38. The molecule has 14 heavy (non-hydrogen) atoms. The molecule has 5 heteroatoms. The van der Waals surface area contributed by atoms with Crippen molar-refractivity contribution in [3.8, 4) is 0 Å². The Hall–Kier alpha value is -0.0000000000000000555. The number of thioether (sulfide) groups is 1. The highest BCUT2D eigenvalue weighted by Gasteiger charge is 2.33. The first-order valence-corrected chi connectivity index (χ1v) is 6.70. The van der Waals surface area contributed by atoms with Crippen molar-refractivity contribution < 1.29 is 0 Å². The summed E-state index contributed by atoms with van der Waals surface area (Å²) in [6, 6.07) is 0. The highest BCUT2D eigenvalue weighted by Crippen LogP contribution is 2.32. The molecule has 1 saturated heterocycles. The standard InChI is InChI=1S/C9H14BrN3S/c10-8-5-12-13(6-8)9(7-11)1-3-14-4-2-9/h5-6H,1-4,7,11H2. The molecule has 2 N–H and O–H groups in total. The first kappa shape index (κ1) is 10.5. The zero-order valence-electron chi connectivity index (χ0n) is 7.95. The van der Waals surface area contributed by atoms with Crippen LogP contribution >= 0.6 is 27.7 Å². The number of nitrogens with two attached hydrogens (primary N) is 1. The molecule has 1 aromatic rings. The van der Waals surface area contributed by atoms with Crippen molar-refractivity contribution in [1.29, 1.82) is 0 Å². The monoisotopic (exact) mass is 275 g/mol. The molecule has 1 aromatic heterocycles. The zero-order valence-corrected chi connectivity index (χ0v) is 10.4. The van der Waals surface area contributed by atoms with Gasteiger partial charge in [-0.2, -0.15) is 16.9 Å². The second-order valence-electron chi connectivity index (χ2n) is 3.64. The maximum atomic E-state index is 5.89. The Kier molecular flexibility index (Phi) is 3.19. The molecule has 0 radical (unpaired) electrons. The summed E-state index contributed by atoms with van der Waals surface area (Å²) in [7, 11) is 0. The van der Waals surface area contributed by atoms with Gasteiger partial charge in [-0.1, -0.05) is 0 Å². The minimum absolute atomic E-state index is 0.0667. The van der Waals surface area contributed by atoms with Gasteiger partial charge in [0.15, 0.2) is 0 Å². The average molecular weight is 276 g/mol. The Labute approximate surface area is 96.6 Å². The van der Waals surface area contributed by atoms with Crippen molar-refractivity contribution in [3.63, 3.8) is 0 Å². The summed E-state index contributed by atoms with van der Waals surface area (Å²) >= 11 is 5.43. The van der Waals surface area contributed by atoms with Crippen molar-refractivity contribution in [2.24, 2.45) is 5.73 Å². The minimum atomic E-state index is 0.0667. The Balaban J connectivity index is 2.26. The van der Waals surface area contributed by atoms with Gasteiger partial charge in [-0.15, -0.1) is 0 Å². The smallest absolute Gasteiger partial charge is 0.0765 e. The molecule has 3 nitrogen and oxygen atoms in total. The molecule has 0 amide bonds. The van der Waals surface area contributed by atoms with Crippen molar-refractivity contribution in [2.45, 2.75) is 18.4 Å². The summed E-state index contributed by atoms with van der Waals surface area (Å²) in [6.45, 7) is 0.682. The molecule has 0 bridgehead atoms. The third-order valence-electron chi connectivity index (χ3n) is 2.84. The lowest BCUT2D eigenvalue weighted by Crippen LogP contribution is -2.44. The minimum Gasteiger partial charge on any atom is -0.328 e. The molecule has 0 aromatic carbocycles. The second kappa shape index (κ2) is 4.24. The van der Waals surface area contributed by atoms with Gasteiger partial charge in [0.2, 0.25) is 0 Å². The van der Waals surface area contributed by atoms with Gasteiger partial charge >= 0.3 is 0 Å². The van der Waals surface area contributed by atoms with Crippen LogP contribution < -0.4 is 5.73 Å². The third-order valence-corrected chi connectivity index (χ3v) is 4.24. The van der Waals surface area contributed by atoms with E-state index in [1.807, 2.05) is 28.8 Å². The first-order chi connectivity index (χ1) is 6.77. The second-order valence-corrected chi connectivity index (χ2v) is 5.78. The lowest BCUT2D eigenvalue weighted by Gasteiger charge is -2.36. The Morgan fingerprint density at radius 1 is 1.57 bits per heavy atom. The molecule has 2 rings (SSSR count). The molecule has 0 spiro atoms. The zero-order chi connectivity index (χ0) is 10.0. The van der Waals surface area contributed by atoms with Crippen LogP contribution in [0.25, 0.3) is 0 Å². The van der Waals surface area contributed by atoms with Crippen LogP contribution in [-0.2, 0) is 5.54 Å². The fraction of sp³-hybridized carbons (Fsp3) is 0.667. The van der Waals surface area contributed by atoms with Crippen LogP contribution in [0.15, 0.2) is 16.9 Å². The van der Waals surface area contributed by atoms with E-state index >= 15 is 0 Å². The Morgan fingerprint density at radius 2 is 2.29 bits per heavy atom. The maximum Gasteiger partial charge on any atom is 0.0765 e. The molecular formula is C9H14BrN3S. The highest BCUT2D eigenvalue weighted by atomic mass is 79.9. The van der Waals surface area contributed by atoms with E-state index in [9.17, 15) is 0 Å². The van der Waals surface area contributed by atoms with E-state index in [0.29, 0.717) is 6.54 Å². The summed E-state index contributed by atoms with van der Waals surface area (Å²) in [5.41, 5.74) is 5.96. The first-order valence-electron chi connectivity index (χ1n) is 4.75. The number of halogens is 1. The van der Waals surface area contributed by atoms with Gasteiger partial charge in [0.25, 0.3) is 0 Å². The third kappa shape index (κ3) is 1.85. The van der Waals surface area contributed by atoms with Crippen molar-refractivity contribution in [2.75, 3.05) is 18.1 Å². The molecule has 78 valence electrons. The number of hydrogen-bond acceptors (Lipinski definition) is 3. The largest absolute Gasteiger partial charge is 0.328 e. The molecule has 2 heterocycles. The predicted octanol–water partition coefficient (Wildman–Crippen LogP) is 1.83. The van der Waals surface area contributed by atoms with Crippen LogP contribution in [0.5, 0.6) is 0 Å². The lowest BCUT2D eigenvalue weighted by molar-refractivity contribution is 0.243. The van der Waals surface area contributed by atoms with Gasteiger partial charge in [0.1, 0.15) is 0 Å². The van der Waals surface area contributed by atoms with Crippen molar-refractivity contribution in [3.05, 3.63) is 16.9 Å². The van der Waals surface area contributed by atoms with Crippen LogP contribution in [-0.4, -0.2) is 27.8 Å². The molecule has 0 unspecified atom stereocenters. The molecule has 1 aliphatic rings. The molecule has 0 saturated carbocycles. The molecule has 0 aliphatic carbocycles. The van der Waals surface area contributed by atoms with Gasteiger partial charge in [0.05, 0.1) is 16.2 Å². The number of rotatable bonds is 2. The van der Waals surface area contributed by atoms with Crippen LogP contribution in [0.4, 0.5) is 0 Å². The highest BCUT2D eigenvalue weighted by molar-refractivity contribution is 9.10. The van der Waals surface area contributed by atoms with E-state index in [-0.39, 0.29) is 5.54 Å². The maximum absolute atomic E-state index is 5.89. The Morgan fingerprint density at radius 3 is 2.79 bits per heavy atom. The van der Waals surface area contributed by atoms with E-state index < -0.39 is 0 Å². The van der Waals surface area contributed by atoms with Crippen molar-refractivity contribution >= 4 is 27.7 Å². The summed E-state index contributed by atoms with van der Waals surface area (Å²) in [4.78, 5) is 0. The van der Waals surface area contributed by atoms with Gasteiger partial charge in [-0.3, -0.25) is 4.68 Å². The van der Waals surface area contributed by atoms with Crippen molar-refractivity contribution in [1.82, 2.24) is 9.78 Å². The van der Waals surface area contributed by atoms with Gasteiger partial charge in [-0.05, 0) is 40.3 Å². The normalized spacial score (nSPS) is 21.0. The Bertz CT molecular complexity index is 307. The SMILES string of the molecule is NCC1(n2cc(Br)cn2)CCSCC1. The summed E-state index contributed by atoms with van der Waals surface area (Å²) in [6.07, 6.45) is 6.12. The quantitative estimate of drug-likeness (QED) is 0.896. The van der Waals surface area contributed by atoms with Crippen LogP contribution in [0.3, 0.4) is 0 Å². The summed E-state index contributed by atoms with van der Waals surface area (Å²) in [5, 5.41) is 4.36. The van der Waals surface area contributed by atoms with E-state index in [1.165, 1.54) is 11.5 Å². The molecule has 0 atom stereocenters. The average Bonchev–Trinajstić information content (AvgIpc) is 2.66. The number of aromatic nitrogens is 2. The van der Waals surface area contributed by atoms with Gasteiger partial charge in [0, 0.05) is 12.7 Å². The molecular weight excluding hydrogens is 262 g/mol. The predicted molar refractivity (Wildman–Crippen MR) is 63.5 cm³/mol. The van der Waals surface area contributed by atoms with E-state index in [2.05, 4.69) is 21.0 Å². The number of nitrogens with zero attached hydrogens (tertiary/aromatic N) is 2. The topological polar surface area (TPSA) is 43.8 Å². The van der Waals surface area contributed by atoms with Crippen LogP contribution in [0.2, 0.25) is 0 Å². The summed E-state index contributed by atoms with van der Waals surface area (Å²) < 4.78 is 3.07. The van der Waals surface area contributed by atoms with E-state index in [4.69, 9.17) is 5.73 Å². The van der Waals surface area contributed by atoms with Crippen LogP contribution in [0, 0.1) is 0 Å². The fourth-order valence-electron chi connectivity index (χ4n) is 1.84. The molecule has 1 aliphatic heterocycles. The van der Waals surface area contributed by atoms with Gasteiger partial charge in [-0.25, -0.2) is 0 Å².